The Bertz CT molecular complexity index is 542. The molecule has 4 nitrogen and oxygen atoms in total. The van der Waals surface area contributed by atoms with Gasteiger partial charge in [0.1, 0.15) is 6.61 Å². The molecule has 0 bridgehead atoms. The summed E-state index contributed by atoms with van der Waals surface area (Å²) in [5.74, 6) is -0.323. The lowest BCUT2D eigenvalue weighted by molar-refractivity contribution is -0.142. The first-order valence-electron chi connectivity index (χ1n) is 4.70. The normalized spacial score (nSPS) is 10.4. The third-order valence-corrected chi connectivity index (χ3v) is 2.47. The van der Waals surface area contributed by atoms with Crippen molar-refractivity contribution in [1.29, 1.82) is 0 Å². The molecule has 2 aromatic rings. The molecule has 0 fully saturated rings. The molecule has 1 heterocycles. The summed E-state index contributed by atoms with van der Waals surface area (Å²) in [6, 6.07) is 5.66. The average molecular weight is 281 g/mol. The number of ether oxygens (including phenoxy) is 1. The predicted octanol–water partition coefficient (Wildman–Crippen LogP) is 2.46. The van der Waals surface area contributed by atoms with E-state index in [1.54, 1.807) is 6.20 Å². The molecule has 1 aromatic carbocycles. The van der Waals surface area contributed by atoms with Gasteiger partial charge in [-0.25, -0.2) is 4.98 Å². The maximum absolute atomic E-state index is 10.7. The van der Waals surface area contributed by atoms with Crippen molar-refractivity contribution in [3.05, 3.63) is 34.6 Å². The quantitative estimate of drug-likeness (QED) is 0.793. The van der Waals surface area contributed by atoms with E-state index in [0.717, 1.165) is 15.5 Å². The van der Waals surface area contributed by atoms with Crippen molar-refractivity contribution in [2.45, 2.75) is 13.5 Å². The number of carbonyl (C=O) groups excluding carboxylic acids is 1. The largest absolute Gasteiger partial charge is 0.459 e. The Morgan fingerprint density at radius 2 is 2.25 bits per heavy atom. The summed E-state index contributed by atoms with van der Waals surface area (Å²) in [7, 11) is 0. The first-order valence-corrected chi connectivity index (χ1v) is 5.49. The molecule has 0 saturated heterocycles. The van der Waals surface area contributed by atoms with Crippen molar-refractivity contribution < 1.29 is 9.53 Å². The van der Waals surface area contributed by atoms with Crippen LogP contribution in [0.4, 0.5) is 0 Å². The molecule has 1 aromatic heterocycles. The maximum atomic E-state index is 10.7. The van der Waals surface area contributed by atoms with Gasteiger partial charge in [0.25, 0.3) is 0 Å². The number of fused-ring (bicyclic) bond motifs is 1. The highest BCUT2D eigenvalue weighted by Crippen LogP contribution is 2.16. The Kier molecular flexibility index (Phi) is 3.14. The fourth-order valence-electron chi connectivity index (χ4n) is 1.27. The van der Waals surface area contributed by atoms with E-state index in [9.17, 15) is 4.79 Å². The summed E-state index contributed by atoms with van der Waals surface area (Å²) in [6.45, 7) is 1.52. The summed E-state index contributed by atoms with van der Waals surface area (Å²) in [6.07, 6.45) is 1.61. The van der Waals surface area contributed by atoms with Crippen molar-refractivity contribution in [3.8, 4) is 0 Å². The van der Waals surface area contributed by atoms with E-state index in [-0.39, 0.29) is 12.6 Å². The molecule has 2 rings (SSSR count). The van der Waals surface area contributed by atoms with E-state index in [4.69, 9.17) is 4.74 Å². The second-order valence-corrected chi connectivity index (χ2v) is 4.19. The molecule has 0 atom stereocenters. The Balaban J connectivity index is 2.31. The molecule has 0 aliphatic carbocycles. The van der Waals surface area contributed by atoms with Crippen molar-refractivity contribution in [2.24, 2.45) is 0 Å². The van der Waals surface area contributed by atoms with Crippen LogP contribution in [-0.4, -0.2) is 15.9 Å². The zero-order chi connectivity index (χ0) is 11.5. The monoisotopic (exact) mass is 280 g/mol. The number of hydrogen-bond donors (Lipinski definition) is 0. The lowest BCUT2D eigenvalue weighted by Gasteiger charge is -2.02. The molecular weight excluding hydrogens is 272 g/mol. The Morgan fingerprint density at radius 1 is 1.44 bits per heavy atom. The van der Waals surface area contributed by atoms with Crippen molar-refractivity contribution in [2.75, 3.05) is 0 Å². The van der Waals surface area contributed by atoms with Crippen LogP contribution >= 0.6 is 15.9 Å². The van der Waals surface area contributed by atoms with Crippen LogP contribution in [-0.2, 0) is 16.1 Å². The summed E-state index contributed by atoms with van der Waals surface area (Å²) in [4.78, 5) is 19.2. The fraction of sp³-hybridized carbons (Fsp3) is 0.182. The van der Waals surface area contributed by atoms with Gasteiger partial charge in [-0.1, -0.05) is 15.9 Å². The van der Waals surface area contributed by atoms with Gasteiger partial charge in [-0.15, -0.1) is 0 Å². The van der Waals surface area contributed by atoms with Crippen LogP contribution in [0, 0.1) is 0 Å². The molecule has 0 N–H and O–H groups in total. The van der Waals surface area contributed by atoms with Crippen LogP contribution in [0.2, 0.25) is 0 Å². The van der Waals surface area contributed by atoms with Gasteiger partial charge in [-0.3, -0.25) is 9.78 Å². The number of benzene rings is 1. The van der Waals surface area contributed by atoms with Crippen LogP contribution < -0.4 is 0 Å². The molecule has 0 saturated carbocycles. The zero-order valence-electron chi connectivity index (χ0n) is 8.61. The average Bonchev–Trinajstić information content (AvgIpc) is 2.25. The first-order chi connectivity index (χ1) is 7.65. The van der Waals surface area contributed by atoms with Gasteiger partial charge in [0.2, 0.25) is 0 Å². The van der Waals surface area contributed by atoms with Gasteiger partial charge in [-0.05, 0) is 18.2 Å². The molecule has 0 aliphatic heterocycles. The maximum Gasteiger partial charge on any atom is 0.303 e. The Labute approximate surface area is 101 Å². The SMILES string of the molecule is CC(=O)OCc1cnc2ccc(Br)cc2n1. The van der Waals surface area contributed by atoms with E-state index in [2.05, 4.69) is 25.9 Å². The summed E-state index contributed by atoms with van der Waals surface area (Å²) in [5.41, 5.74) is 2.23. The minimum absolute atomic E-state index is 0.158. The van der Waals surface area contributed by atoms with E-state index >= 15 is 0 Å². The van der Waals surface area contributed by atoms with Crippen LogP contribution in [0.3, 0.4) is 0 Å². The number of esters is 1. The molecule has 16 heavy (non-hydrogen) atoms. The molecule has 0 aliphatic rings. The number of aromatic nitrogens is 2. The van der Waals surface area contributed by atoms with Crippen LogP contribution in [0.15, 0.2) is 28.9 Å². The third kappa shape index (κ3) is 2.55. The van der Waals surface area contributed by atoms with Gasteiger partial charge >= 0.3 is 5.97 Å². The van der Waals surface area contributed by atoms with Gasteiger partial charge in [0, 0.05) is 11.4 Å². The lowest BCUT2D eigenvalue weighted by Crippen LogP contribution is -2.01. The molecule has 0 amide bonds. The Hall–Kier alpha value is -1.49. The van der Waals surface area contributed by atoms with Crippen molar-refractivity contribution in [1.82, 2.24) is 9.97 Å². The second kappa shape index (κ2) is 4.57. The highest BCUT2D eigenvalue weighted by Gasteiger charge is 2.02. The van der Waals surface area contributed by atoms with Gasteiger partial charge < -0.3 is 4.74 Å². The number of nitrogens with zero attached hydrogens (tertiary/aromatic N) is 2. The standard InChI is InChI=1S/C11H9BrN2O2/c1-7(15)16-6-9-5-13-10-3-2-8(12)4-11(10)14-9/h2-5H,6H2,1H3. The highest BCUT2D eigenvalue weighted by molar-refractivity contribution is 9.10. The van der Waals surface area contributed by atoms with Gasteiger partial charge in [-0.2, -0.15) is 0 Å². The molecule has 0 unspecified atom stereocenters. The minimum Gasteiger partial charge on any atom is -0.459 e. The number of carbonyl (C=O) groups is 1. The Morgan fingerprint density at radius 3 is 3.00 bits per heavy atom. The highest BCUT2D eigenvalue weighted by atomic mass is 79.9. The van der Waals surface area contributed by atoms with Crippen molar-refractivity contribution >= 4 is 32.9 Å². The van der Waals surface area contributed by atoms with Crippen LogP contribution in [0.5, 0.6) is 0 Å². The van der Waals surface area contributed by atoms with Gasteiger partial charge in [0.15, 0.2) is 0 Å². The number of halogens is 1. The second-order valence-electron chi connectivity index (χ2n) is 3.27. The first kappa shape index (κ1) is 11.0. The number of hydrogen-bond acceptors (Lipinski definition) is 4. The van der Waals surface area contributed by atoms with Crippen LogP contribution in [0.1, 0.15) is 12.6 Å². The molecular formula is C11H9BrN2O2. The topological polar surface area (TPSA) is 52.1 Å². The molecule has 82 valence electrons. The summed E-state index contributed by atoms with van der Waals surface area (Å²) >= 11 is 3.37. The van der Waals surface area contributed by atoms with Crippen LogP contribution in [0.25, 0.3) is 11.0 Å². The van der Waals surface area contributed by atoms with Gasteiger partial charge in [0.05, 0.1) is 22.9 Å². The van der Waals surface area contributed by atoms with Crippen molar-refractivity contribution in [3.63, 3.8) is 0 Å². The molecule has 0 spiro atoms. The fourth-order valence-corrected chi connectivity index (χ4v) is 1.62. The van der Waals surface area contributed by atoms with E-state index < -0.39 is 0 Å². The number of rotatable bonds is 2. The zero-order valence-corrected chi connectivity index (χ0v) is 10.2. The third-order valence-electron chi connectivity index (χ3n) is 1.98. The van der Waals surface area contributed by atoms with E-state index in [0.29, 0.717) is 5.69 Å². The predicted molar refractivity (Wildman–Crippen MR) is 62.7 cm³/mol. The minimum atomic E-state index is -0.323. The smallest absolute Gasteiger partial charge is 0.303 e. The van der Waals surface area contributed by atoms with E-state index in [1.165, 1.54) is 6.92 Å². The molecule has 5 heteroatoms. The molecule has 0 radical (unpaired) electrons. The van der Waals surface area contributed by atoms with E-state index in [1.807, 2.05) is 18.2 Å². The summed E-state index contributed by atoms with van der Waals surface area (Å²) < 4.78 is 5.80. The lowest BCUT2D eigenvalue weighted by atomic mass is 10.3. The summed E-state index contributed by atoms with van der Waals surface area (Å²) in [5, 5.41) is 0.